The molecule has 172 valence electrons. The van der Waals surface area contributed by atoms with Crippen molar-refractivity contribution in [3.8, 4) is 0 Å². The monoisotopic (exact) mass is 441 g/mol. The Kier molecular flexibility index (Phi) is 8.34. The number of carboxylic acids is 1. The van der Waals surface area contributed by atoms with E-state index in [1.54, 1.807) is 39.0 Å². The fraction of sp³-hybridized carbons (Fsp3) is 0.417. The van der Waals surface area contributed by atoms with Gasteiger partial charge < -0.3 is 20.5 Å². The summed E-state index contributed by atoms with van der Waals surface area (Å²) in [5.74, 6) is -1.96. The number of para-hydroxylation sites is 1. The van der Waals surface area contributed by atoms with E-state index in [0.717, 1.165) is 5.56 Å². The molecule has 32 heavy (non-hydrogen) atoms. The van der Waals surface area contributed by atoms with E-state index in [4.69, 9.17) is 10.5 Å². The maximum Gasteiger partial charge on any atom is 0.359 e. The zero-order chi connectivity index (χ0) is 23.9. The quantitative estimate of drug-likeness (QED) is 0.570. The number of carbonyl (C=O) groups is 3. The molecule has 1 heterocycles. The topological polar surface area (TPSA) is 123 Å². The number of pyridine rings is 1. The molecule has 1 aromatic carbocycles. The van der Waals surface area contributed by atoms with E-state index < -0.39 is 24.1 Å². The van der Waals surface area contributed by atoms with Crippen LogP contribution in [0.4, 0.5) is 11.4 Å². The number of nitrogen functional groups attached to an aromatic ring is 1. The fourth-order valence-corrected chi connectivity index (χ4v) is 3.30. The average molecular weight is 442 g/mol. The van der Waals surface area contributed by atoms with Crippen molar-refractivity contribution in [3.63, 3.8) is 0 Å². The van der Waals surface area contributed by atoms with Gasteiger partial charge >= 0.3 is 11.9 Å². The normalized spacial score (nSPS) is 11.1. The molecule has 3 N–H and O–H groups in total. The van der Waals surface area contributed by atoms with Gasteiger partial charge in [0.1, 0.15) is 12.1 Å². The SMILES string of the molecule is CCc1ccccc1N(CC(=O)O)C(=O)CCCc1ccnc(C(=O)OC(C)(C)C)c1N. The van der Waals surface area contributed by atoms with Crippen molar-refractivity contribution >= 4 is 29.2 Å². The Balaban J connectivity index is 2.11. The van der Waals surface area contributed by atoms with Gasteiger partial charge in [0.05, 0.1) is 5.69 Å². The molecule has 0 aliphatic heterocycles. The third-order valence-electron chi connectivity index (χ3n) is 4.77. The molecule has 0 saturated carbocycles. The molecular formula is C24H31N3O5. The van der Waals surface area contributed by atoms with Crippen LogP contribution in [0.5, 0.6) is 0 Å². The molecule has 0 bridgehead atoms. The van der Waals surface area contributed by atoms with Crippen LogP contribution >= 0.6 is 0 Å². The average Bonchev–Trinajstić information content (AvgIpc) is 2.71. The van der Waals surface area contributed by atoms with Crippen molar-refractivity contribution < 1.29 is 24.2 Å². The number of nitrogens with zero attached hydrogens (tertiary/aromatic N) is 2. The number of hydrogen-bond acceptors (Lipinski definition) is 6. The lowest BCUT2D eigenvalue weighted by molar-refractivity contribution is -0.136. The van der Waals surface area contributed by atoms with Crippen LogP contribution in [0.15, 0.2) is 36.5 Å². The number of amides is 1. The third-order valence-corrected chi connectivity index (χ3v) is 4.77. The summed E-state index contributed by atoms with van der Waals surface area (Å²) in [5, 5.41) is 9.30. The third kappa shape index (κ3) is 6.80. The Morgan fingerprint density at radius 3 is 2.44 bits per heavy atom. The van der Waals surface area contributed by atoms with Gasteiger partial charge in [-0.15, -0.1) is 0 Å². The Morgan fingerprint density at radius 2 is 1.81 bits per heavy atom. The first-order chi connectivity index (χ1) is 15.0. The van der Waals surface area contributed by atoms with Crippen LogP contribution < -0.4 is 10.6 Å². The highest BCUT2D eigenvalue weighted by atomic mass is 16.6. The van der Waals surface area contributed by atoms with E-state index in [2.05, 4.69) is 4.98 Å². The van der Waals surface area contributed by atoms with Gasteiger partial charge in [-0.2, -0.15) is 0 Å². The van der Waals surface area contributed by atoms with Crippen LogP contribution in [-0.4, -0.2) is 40.1 Å². The fourth-order valence-electron chi connectivity index (χ4n) is 3.30. The van der Waals surface area contributed by atoms with E-state index in [0.29, 0.717) is 30.5 Å². The molecule has 1 amide bonds. The molecule has 0 fully saturated rings. The van der Waals surface area contributed by atoms with Crippen molar-refractivity contribution in [2.75, 3.05) is 17.2 Å². The van der Waals surface area contributed by atoms with Crippen molar-refractivity contribution in [2.45, 2.75) is 59.0 Å². The molecule has 0 saturated heterocycles. The molecule has 8 heteroatoms. The van der Waals surface area contributed by atoms with Gasteiger partial charge in [-0.05, 0) is 63.3 Å². The van der Waals surface area contributed by atoms with Gasteiger partial charge in [-0.3, -0.25) is 9.59 Å². The highest BCUT2D eigenvalue weighted by molar-refractivity contribution is 5.98. The summed E-state index contributed by atoms with van der Waals surface area (Å²) < 4.78 is 5.34. The number of rotatable bonds is 9. The van der Waals surface area contributed by atoms with E-state index >= 15 is 0 Å². The molecule has 1 aromatic heterocycles. The number of nitrogens with two attached hydrogens (primary N) is 1. The molecule has 2 rings (SSSR count). The van der Waals surface area contributed by atoms with Crippen molar-refractivity contribution in [1.29, 1.82) is 0 Å². The van der Waals surface area contributed by atoms with Crippen LogP contribution in [0.25, 0.3) is 0 Å². The molecule has 0 radical (unpaired) electrons. The summed E-state index contributed by atoms with van der Waals surface area (Å²) in [6.45, 7) is 6.83. The Morgan fingerprint density at radius 1 is 1.12 bits per heavy atom. The molecule has 0 aliphatic carbocycles. The smallest absolute Gasteiger partial charge is 0.359 e. The van der Waals surface area contributed by atoms with Gasteiger partial charge in [0.2, 0.25) is 5.91 Å². The molecule has 2 aromatic rings. The first-order valence-electron chi connectivity index (χ1n) is 10.6. The number of aryl methyl sites for hydroxylation is 2. The number of ether oxygens (including phenoxy) is 1. The lowest BCUT2D eigenvalue weighted by Crippen LogP contribution is -2.36. The number of carbonyl (C=O) groups excluding carboxylic acids is 2. The zero-order valence-corrected chi connectivity index (χ0v) is 19.1. The van der Waals surface area contributed by atoms with Crippen LogP contribution in [0, 0.1) is 0 Å². The molecule has 0 spiro atoms. The minimum absolute atomic E-state index is 0.0492. The molecule has 8 nitrogen and oxygen atoms in total. The summed E-state index contributed by atoms with van der Waals surface area (Å²) in [7, 11) is 0. The van der Waals surface area contributed by atoms with Crippen molar-refractivity contribution in [1.82, 2.24) is 4.98 Å². The minimum atomic E-state index is -1.08. The van der Waals surface area contributed by atoms with E-state index in [-0.39, 0.29) is 23.7 Å². The highest BCUT2D eigenvalue weighted by Crippen LogP contribution is 2.24. The second-order valence-corrected chi connectivity index (χ2v) is 8.44. The van der Waals surface area contributed by atoms with Gasteiger partial charge in [0, 0.05) is 18.3 Å². The maximum absolute atomic E-state index is 12.9. The Hall–Kier alpha value is -3.42. The molecular weight excluding hydrogens is 410 g/mol. The first-order valence-corrected chi connectivity index (χ1v) is 10.6. The summed E-state index contributed by atoms with van der Waals surface area (Å²) in [5.41, 5.74) is 7.95. The second kappa shape index (κ2) is 10.7. The summed E-state index contributed by atoms with van der Waals surface area (Å²) in [4.78, 5) is 42.0. The van der Waals surface area contributed by atoms with Crippen LogP contribution in [-0.2, 0) is 27.2 Å². The molecule has 0 aliphatic rings. The van der Waals surface area contributed by atoms with Crippen molar-refractivity contribution in [2.24, 2.45) is 0 Å². The van der Waals surface area contributed by atoms with E-state index in [1.807, 2.05) is 19.1 Å². The second-order valence-electron chi connectivity index (χ2n) is 8.44. The van der Waals surface area contributed by atoms with Crippen LogP contribution in [0.1, 0.15) is 62.2 Å². The number of aromatic nitrogens is 1. The van der Waals surface area contributed by atoms with E-state index in [9.17, 15) is 19.5 Å². The highest BCUT2D eigenvalue weighted by Gasteiger charge is 2.23. The number of carboxylic acid groups (broad SMARTS) is 1. The number of aliphatic carboxylic acids is 1. The lowest BCUT2D eigenvalue weighted by Gasteiger charge is -2.23. The standard InChI is InChI=1S/C24H31N3O5/c1-5-16-9-6-7-11-18(16)27(15-20(29)30)19(28)12-8-10-17-13-14-26-22(21(17)25)23(31)32-24(2,3)4/h6-7,9,11,13-14H,5,8,10,12,15,25H2,1-4H3,(H,29,30). The minimum Gasteiger partial charge on any atom is -0.480 e. The maximum atomic E-state index is 12.9. The largest absolute Gasteiger partial charge is 0.480 e. The number of esters is 1. The summed E-state index contributed by atoms with van der Waals surface area (Å²) in [6.07, 6.45) is 3.17. The number of anilines is 2. The number of benzene rings is 1. The zero-order valence-electron chi connectivity index (χ0n) is 19.1. The van der Waals surface area contributed by atoms with Crippen LogP contribution in [0.3, 0.4) is 0 Å². The van der Waals surface area contributed by atoms with Gasteiger partial charge in [0.15, 0.2) is 5.69 Å². The molecule has 0 unspecified atom stereocenters. The predicted molar refractivity (Wildman–Crippen MR) is 123 cm³/mol. The predicted octanol–water partition coefficient (Wildman–Crippen LogP) is 3.62. The Bertz CT molecular complexity index is 982. The Labute approximate surface area is 188 Å². The van der Waals surface area contributed by atoms with Gasteiger partial charge in [-0.25, -0.2) is 9.78 Å². The summed E-state index contributed by atoms with van der Waals surface area (Å²) >= 11 is 0. The van der Waals surface area contributed by atoms with Crippen LogP contribution in [0.2, 0.25) is 0 Å². The van der Waals surface area contributed by atoms with Gasteiger partial charge in [0.25, 0.3) is 0 Å². The lowest BCUT2D eigenvalue weighted by atomic mass is 10.0. The van der Waals surface area contributed by atoms with Gasteiger partial charge in [-0.1, -0.05) is 25.1 Å². The molecule has 0 atom stereocenters. The van der Waals surface area contributed by atoms with Crippen molar-refractivity contribution in [3.05, 3.63) is 53.3 Å². The number of hydrogen-bond donors (Lipinski definition) is 2. The summed E-state index contributed by atoms with van der Waals surface area (Å²) in [6, 6.07) is 8.99. The van der Waals surface area contributed by atoms with E-state index in [1.165, 1.54) is 11.1 Å². The first kappa shape index (κ1) is 24.8.